The van der Waals surface area contributed by atoms with Crippen molar-refractivity contribution in [3.05, 3.63) is 35.4 Å². The van der Waals surface area contributed by atoms with Gasteiger partial charge in [-0.2, -0.15) is 0 Å². The van der Waals surface area contributed by atoms with E-state index in [4.69, 9.17) is 4.74 Å². The SMILES string of the molecule is CC(C)OC(C)(O)Cc1ccc(F)cc1F. The highest BCUT2D eigenvalue weighted by molar-refractivity contribution is 5.19. The number of hydrogen-bond acceptors (Lipinski definition) is 2. The third kappa shape index (κ3) is 3.87. The number of benzene rings is 1. The lowest BCUT2D eigenvalue weighted by Gasteiger charge is -2.26. The largest absolute Gasteiger partial charge is 0.365 e. The first-order valence-corrected chi connectivity index (χ1v) is 5.14. The highest BCUT2D eigenvalue weighted by atomic mass is 19.1. The molecule has 4 heteroatoms. The van der Waals surface area contributed by atoms with Crippen LogP contribution in [0.1, 0.15) is 26.3 Å². The summed E-state index contributed by atoms with van der Waals surface area (Å²) in [5.74, 6) is -2.76. The minimum absolute atomic E-state index is 0.0166. The van der Waals surface area contributed by atoms with Gasteiger partial charge in [0.2, 0.25) is 0 Å². The third-order valence-electron chi connectivity index (χ3n) is 2.02. The van der Waals surface area contributed by atoms with Gasteiger partial charge < -0.3 is 9.84 Å². The molecule has 0 radical (unpaired) electrons. The van der Waals surface area contributed by atoms with Crippen LogP contribution in [0.4, 0.5) is 8.78 Å². The van der Waals surface area contributed by atoms with Gasteiger partial charge in [0.25, 0.3) is 0 Å². The average molecular weight is 230 g/mol. The lowest BCUT2D eigenvalue weighted by molar-refractivity contribution is -0.209. The summed E-state index contributed by atoms with van der Waals surface area (Å²) in [6.45, 7) is 5.00. The second kappa shape index (κ2) is 4.89. The van der Waals surface area contributed by atoms with E-state index >= 15 is 0 Å². The van der Waals surface area contributed by atoms with Crippen LogP contribution < -0.4 is 0 Å². The molecule has 0 heterocycles. The molecule has 90 valence electrons. The molecule has 0 saturated carbocycles. The lowest BCUT2D eigenvalue weighted by Crippen LogP contribution is -2.34. The van der Waals surface area contributed by atoms with Gasteiger partial charge in [-0.1, -0.05) is 6.07 Å². The van der Waals surface area contributed by atoms with Crippen molar-refractivity contribution in [1.82, 2.24) is 0 Å². The van der Waals surface area contributed by atoms with Crippen LogP contribution in [0.15, 0.2) is 18.2 Å². The van der Waals surface area contributed by atoms with Crippen LogP contribution in [-0.2, 0) is 11.2 Å². The summed E-state index contributed by atoms with van der Waals surface area (Å²) in [7, 11) is 0. The van der Waals surface area contributed by atoms with Crippen LogP contribution >= 0.6 is 0 Å². The Balaban J connectivity index is 2.79. The predicted octanol–water partition coefficient (Wildman–Crippen LogP) is 2.64. The van der Waals surface area contributed by atoms with Crippen LogP contribution in [0, 0.1) is 11.6 Å². The van der Waals surface area contributed by atoms with Crippen molar-refractivity contribution in [2.24, 2.45) is 0 Å². The van der Waals surface area contributed by atoms with E-state index in [9.17, 15) is 13.9 Å². The average Bonchev–Trinajstić information content (AvgIpc) is 2.07. The number of halogens is 2. The highest BCUT2D eigenvalue weighted by Gasteiger charge is 2.24. The van der Waals surface area contributed by atoms with E-state index in [1.54, 1.807) is 13.8 Å². The maximum atomic E-state index is 13.3. The quantitative estimate of drug-likeness (QED) is 0.806. The van der Waals surface area contributed by atoms with Gasteiger partial charge in [0.1, 0.15) is 11.6 Å². The summed E-state index contributed by atoms with van der Waals surface area (Å²) < 4.78 is 31.2. The molecule has 1 N–H and O–H groups in total. The minimum atomic E-state index is -1.45. The van der Waals surface area contributed by atoms with E-state index in [1.165, 1.54) is 13.0 Å². The van der Waals surface area contributed by atoms with Gasteiger partial charge in [-0.25, -0.2) is 8.78 Å². The Bertz CT molecular complexity index is 362. The topological polar surface area (TPSA) is 29.5 Å². The number of ether oxygens (including phenoxy) is 1. The second-order valence-electron chi connectivity index (χ2n) is 4.25. The maximum Gasteiger partial charge on any atom is 0.167 e. The Morgan fingerprint density at radius 3 is 2.50 bits per heavy atom. The molecule has 1 aromatic carbocycles. The molecule has 16 heavy (non-hydrogen) atoms. The molecule has 0 bridgehead atoms. The number of hydrogen-bond donors (Lipinski definition) is 1. The van der Waals surface area contributed by atoms with Gasteiger partial charge >= 0.3 is 0 Å². The van der Waals surface area contributed by atoms with Gasteiger partial charge in [0.15, 0.2) is 5.79 Å². The molecule has 0 amide bonds. The zero-order valence-corrected chi connectivity index (χ0v) is 9.63. The molecular weight excluding hydrogens is 214 g/mol. The first-order valence-electron chi connectivity index (χ1n) is 5.14. The summed E-state index contributed by atoms with van der Waals surface area (Å²) in [4.78, 5) is 0. The molecule has 1 rings (SSSR count). The Hall–Kier alpha value is -1.00. The van der Waals surface area contributed by atoms with Crippen molar-refractivity contribution >= 4 is 0 Å². The van der Waals surface area contributed by atoms with E-state index < -0.39 is 17.4 Å². The Labute approximate surface area is 93.9 Å². The van der Waals surface area contributed by atoms with Crippen LogP contribution in [0.5, 0.6) is 0 Å². The Morgan fingerprint density at radius 1 is 1.38 bits per heavy atom. The highest BCUT2D eigenvalue weighted by Crippen LogP contribution is 2.19. The lowest BCUT2D eigenvalue weighted by atomic mass is 10.1. The minimum Gasteiger partial charge on any atom is -0.365 e. The van der Waals surface area contributed by atoms with E-state index in [0.29, 0.717) is 0 Å². The van der Waals surface area contributed by atoms with E-state index in [-0.39, 0.29) is 18.1 Å². The van der Waals surface area contributed by atoms with Crippen LogP contribution in [0.3, 0.4) is 0 Å². The van der Waals surface area contributed by atoms with Crippen LogP contribution in [0.25, 0.3) is 0 Å². The molecule has 0 saturated heterocycles. The fourth-order valence-corrected chi connectivity index (χ4v) is 1.57. The van der Waals surface area contributed by atoms with Gasteiger partial charge in [-0.15, -0.1) is 0 Å². The molecule has 2 nitrogen and oxygen atoms in total. The fraction of sp³-hybridized carbons (Fsp3) is 0.500. The van der Waals surface area contributed by atoms with Crippen molar-refractivity contribution < 1.29 is 18.6 Å². The molecule has 0 aliphatic carbocycles. The van der Waals surface area contributed by atoms with Gasteiger partial charge in [0.05, 0.1) is 6.10 Å². The van der Waals surface area contributed by atoms with Crippen molar-refractivity contribution in [3.63, 3.8) is 0 Å². The number of aliphatic hydroxyl groups is 1. The van der Waals surface area contributed by atoms with E-state index in [1.807, 2.05) is 0 Å². The van der Waals surface area contributed by atoms with Crippen molar-refractivity contribution in [2.75, 3.05) is 0 Å². The molecular formula is C12H16F2O2. The second-order valence-corrected chi connectivity index (χ2v) is 4.25. The van der Waals surface area contributed by atoms with Crippen LogP contribution in [-0.4, -0.2) is 17.0 Å². The summed E-state index contributed by atoms with van der Waals surface area (Å²) in [6.07, 6.45) is -0.185. The van der Waals surface area contributed by atoms with Gasteiger partial charge in [-0.3, -0.25) is 0 Å². The standard InChI is InChI=1S/C12H16F2O2/c1-8(2)16-12(3,15)7-9-4-5-10(13)6-11(9)14/h4-6,8,15H,7H2,1-3H3. The molecule has 0 aromatic heterocycles. The van der Waals surface area contributed by atoms with Gasteiger partial charge in [-0.05, 0) is 32.4 Å². The third-order valence-corrected chi connectivity index (χ3v) is 2.02. The molecule has 1 atom stereocenters. The van der Waals surface area contributed by atoms with Crippen molar-refractivity contribution in [2.45, 2.75) is 39.1 Å². The Morgan fingerprint density at radius 2 is 2.00 bits per heavy atom. The molecule has 1 unspecified atom stereocenters. The van der Waals surface area contributed by atoms with E-state index in [2.05, 4.69) is 0 Å². The zero-order chi connectivity index (χ0) is 12.3. The molecule has 0 fully saturated rings. The monoisotopic (exact) mass is 230 g/mol. The summed E-state index contributed by atoms with van der Waals surface area (Å²) >= 11 is 0. The molecule has 0 spiro atoms. The molecule has 0 aliphatic rings. The first-order chi connectivity index (χ1) is 7.30. The van der Waals surface area contributed by atoms with Crippen LogP contribution in [0.2, 0.25) is 0 Å². The van der Waals surface area contributed by atoms with Gasteiger partial charge in [0, 0.05) is 12.5 Å². The molecule has 1 aromatic rings. The number of rotatable bonds is 4. The van der Waals surface area contributed by atoms with E-state index in [0.717, 1.165) is 12.1 Å². The maximum absolute atomic E-state index is 13.3. The predicted molar refractivity (Wildman–Crippen MR) is 56.9 cm³/mol. The fourth-order valence-electron chi connectivity index (χ4n) is 1.57. The molecule has 0 aliphatic heterocycles. The smallest absolute Gasteiger partial charge is 0.167 e. The normalized spacial score (nSPS) is 15.2. The summed E-state index contributed by atoms with van der Waals surface area (Å²) in [6, 6.07) is 3.26. The zero-order valence-electron chi connectivity index (χ0n) is 9.63. The first kappa shape index (κ1) is 13.1. The van der Waals surface area contributed by atoms with Crippen molar-refractivity contribution in [3.8, 4) is 0 Å². The van der Waals surface area contributed by atoms with Crippen molar-refractivity contribution in [1.29, 1.82) is 0 Å². The summed E-state index contributed by atoms with van der Waals surface area (Å²) in [5, 5.41) is 9.85. The Kier molecular flexibility index (Phi) is 3.99. The summed E-state index contributed by atoms with van der Waals surface area (Å²) in [5.41, 5.74) is 0.229.